The monoisotopic (exact) mass is 173 g/mol. The summed E-state index contributed by atoms with van der Waals surface area (Å²) in [5, 5.41) is 0. The van der Waals surface area contributed by atoms with Gasteiger partial charge in [-0.3, -0.25) is 9.78 Å². The van der Waals surface area contributed by atoms with Gasteiger partial charge in [0.1, 0.15) is 11.4 Å². The molecule has 0 amide bonds. The second-order valence-electron chi connectivity index (χ2n) is 1.91. The summed E-state index contributed by atoms with van der Waals surface area (Å²) in [5.41, 5.74) is 0.0631. The van der Waals surface area contributed by atoms with Crippen LogP contribution in [0.4, 0.5) is 8.78 Å². The Bertz CT molecular complexity index is 278. The lowest BCUT2D eigenvalue weighted by Gasteiger charge is -2.02. The first-order chi connectivity index (χ1) is 5.72. The third-order valence-electron chi connectivity index (χ3n) is 1.10. The van der Waals surface area contributed by atoms with Crippen LogP contribution in [0.1, 0.15) is 10.5 Å². The Labute approximate surface area is 67.0 Å². The summed E-state index contributed by atoms with van der Waals surface area (Å²) in [6.45, 7) is -2.88. The van der Waals surface area contributed by atoms with Crippen LogP contribution < -0.4 is 4.74 Å². The van der Waals surface area contributed by atoms with Crippen molar-refractivity contribution in [2.75, 3.05) is 0 Å². The molecule has 0 aromatic carbocycles. The fourth-order valence-electron chi connectivity index (χ4n) is 0.669. The highest BCUT2D eigenvalue weighted by Crippen LogP contribution is 2.12. The zero-order valence-corrected chi connectivity index (χ0v) is 5.91. The molecule has 0 fully saturated rings. The molecule has 0 saturated carbocycles. The van der Waals surface area contributed by atoms with Crippen LogP contribution in [-0.2, 0) is 0 Å². The van der Waals surface area contributed by atoms with E-state index in [1.807, 2.05) is 0 Å². The summed E-state index contributed by atoms with van der Waals surface area (Å²) in [6, 6.07) is 2.39. The summed E-state index contributed by atoms with van der Waals surface area (Å²) in [5.74, 6) is -0.0675. The average molecular weight is 173 g/mol. The lowest BCUT2D eigenvalue weighted by molar-refractivity contribution is -0.0499. The molecule has 3 nitrogen and oxygen atoms in total. The van der Waals surface area contributed by atoms with E-state index in [-0.39, 0.29) is 11.4 Å². The van der Waals surface area contributed by atoms with Gasteiger partial charge in [0, 0.05) is 12.3 Å². The summed E-state index contributed by atoms with van der Waals surface area (Å²) in [4.78, 5) is 13.7. The van der Waals surface area contributed by atoms with Gasteiger partial charge in [0.15, 0.2) is 6.29 Å². The standard InChI is InChI=1S/C7H5F2NO2/c8-7(9)12-6-1-2-10-5(3-6)4-11/h1-4,7H. The van der Waals surface area contributed by atoms with Crippen LogP contribution in [-0.4, -0.2) is 17.9 Å². The van der Waals surface area contributed by atoms with Crippen LogP contribution in [0.5, 0.6) is 5.75 Å². The van der Waals surface area contributed by atoms with E-state index in [4.69, 9.17) is 0 Å². The summed E-state index contributed by atoms with van der Waals surface area (Å²) >= 11 is 0. The van der Waals surface area contributed by atoms with E-state index in [9.17, 15) is 13.6 Å². The SMILES string of the molecule is O=Cc1cc(OC(F)F)ccn1. The number of hydrogen-bond acceptors (Lipinski definition) is 3. The maximum Gasteiger partial charge on any atom is 0.387 e. The van der Waals surface area contributed by atoms with Gasteiger partial charge in [0.2, 0.25) is 0 Å². The summed E-state index contributed by atoms with van der Waals surface area (Å²) < 4.78 is 27.3. The van der Waals surface area contributed by atoms with Crippen molar-refractivity contribution >= 4 is 6.29 Å². The molecule has 0 spiro atoms. The third kappa shape index (κ3) is 2.26. The number of alkyl halides is 2. The Morgan fingerprint density at radius 2 is 2.33 bits per heavy atom. The molecule has 0 N–H and O–H groups in total. The molecule has 0 saturated heterocycles. The Kier molecular flexibility index (Phi) is 2.68. The second-order valence-corrected chi connectivity index (χ2v) is 1.91. The summed E-state index contributed by atoms with van der Waals surface area (Å²) in [6.07, 6.45) is 1.68. The van der Waals surface area contributed by atoms with Gasteiger partial charge in [-0.15, -0.1) is 0 Å². The Morgan fingerprint density at radius 3 is 2.92 bits per heavy atom. The number of hydrogen-bond donors (Lipinski definition) is 0. The van der Waals surface area contributed by atoms with Crippen molar-refractivity contribution in [2.45, 2.75) is 6.61 Å². The number of rotatable bonds is 3. The van der Waals surface area contributed by atoms with Crippen LogP contribution in [0.3, 0.4) is 0 Å². The molecule has 0 aliphatic carbocycles. The van der Waals surface area contributed by atoms with Crippen LogP contribution in [0.25, 0.3) is 0 Å². The van der Waals surface area contributed by atoms with Gasteiger partial charge in [-0.1, -0.05) is 0 Å². The minimum atomic E-state index is -2.88. The summed E-state index contributed by atoms with van der Waals surface area (Å²) in [7, 11) is 0. The zero-order chi connectivity index (χ0) is 8.97. The smallest absolute Gasteiger partial charge is 0.387 e. The van der Waals surface area contributed by atoms with Crippen LogP contribution in [0, 0.1) is 0 Å². The molecular weight excluding hydrogens is 168 g/mol. The molecular formula is C7H5F2NO2. The maximum atomic E-state index is 11.6. The minimum Gasteiger partial charge on any atom is -0.435 e. The Hall–Kier alpha value is -1.52. The van der Waals surface area contributed by atoms with E-state index in [1.165, 1.54) is 12.3 Å². The van der Waals surface area contributed by atoms with E-state index in [0.717, 1.165) is 6.07 Å². The second kappa shape index (κ2) is 3.75. The van der Waals surface area contributed by atoms with Crippen molar-refractivity contribution < 1.29 is 18.3 Å². The maximum absolute atomic E-state index is 11.6. The molecule has 1 aromatic rings. The van der Waals surface area contributed by atoms with Gasteiger partial charge in [0.05, 0.1) is 0 Å². The molecule has 64 valence electrons. The molecule has 1 rings (SSSR count). The van der Waals surface area contributed by atoms with Crippen molar-refractivity contribution in [1.29, 1.82) is 0 Å². The van der Waals surface area contributed by atoms with Gasteiger partial charge in [0.25, 0.3) is 0 Å². The van der Waals surface area contributed by atoms with Crippen molar-refractivity contribution in [3.8, 4) is 5.75 Å². The lowest BCUT2D eigenvalue weighted by Crippen LogP contribution is -2.02. The first kappa shape index (κ1) is 8.58. The highest BCUT2D eigenvalue weighted by Gasteiger charge is 2.04. The number of ether oxygens (including phenoxy) is 1. The van der Waals surface area contributed by atoms with Crippen molar-refractivity contribution in [2.24, 2.45) is 0 Å². The quantitative estimate of drug-likeness (QED) is 0.650. The predicted molar refractivity (Wildman–Crippen MR) is 36.3 cm³/mol. The van der Waals surface area contributed by atoms with E-state index in [0.29, 0.717) is 6.29 Å². The molecule has 0 aliphatic heterocycles. The fraction of sp³-hybridized carbons (Fsp3) is 0.143. The normalized spacial score (nSPS) is 9.92. The molecule has 0 unspecified atom stereocenters. The fourth-order valence-corrected chi connectivity index (χ4v) is 0.669. The largest absolute Gasteiger partial charge is 0.435 e. The number of nitrogens with zero attached hydrogens (tertiary/aromatic N) is 1. The van der Waals surface area contributed by atoms with Crippen molar-refractivity contribution in [3.63, 3.8) is 0 Å². The molecule has 0 radical (unpaired) electrons. The molecule has 12 heavy (non-hydrogen) atoms. The first-order valence-electron chi connectivity index (χ1n) is 3.08. The Balaban J connectivity index is 2.79. The molecule has 0 atom stereocenters. The van der Waals surface area contributed by atoms with E-state index in [1.54, 1.807) is 0 Å². The lowest BCUT2D eigenvalue weighted by atomic mass is 10.3. The average Bonchev–Trinajstić information content (AvgIpc) is 2.03. The molecule has 1 aromatic heterocycles. The molecule has 1 heterocycles. The third-order valence-corrected chi connectivity index (χ3v) is 1.10. The number of aromatic nitrogens is 1. The van der Waals surface area contributed by atoms with Gasteiger partial charge in [-0.25, -0.2) is 0 Å². The first-order valence-corrected chi connectivity index (χ1v) is 3.08. The molecule has 0 aliphatic rings. The van der Waals surface area contributed by atoms with Gasteiger partial charge < -0.3 is 4.74 Å². The van der Waals surface area contributed by atoms with Gasteiger partial charge >= 0.3 is 6.61 Å². The zero-order valence-electron chi connectivity index (χ0n) is 5.91. The minimum absolute atomic E-state index is 0.0631. The Morgan fingerprint density at radius 1 is 1.58 bits per heavy atom. The van der Waals surface area contributed by atoms with E-state index >= 15 is 0 Å². The van der Waals surface area contributed by atoms with Crippen molar-refractivity contribution in [3.05, 3.63) is 24.0 Å². The number of carbonyl (C=O) groups is 1. The van der Waals surface area contributed by atoms with Gasteiger partial charge in [-0.05, 0) is 6.07 Å². The van der Waals surface area contributed by atoms with Crippen LogP contribution >= 0.6 is 0 Å². The number of halogens is 2. The van der Waals surface area contributed by atoms with E-state index < -0.39 is 6.61 Å². The highest BCUT2D eigenvalue weighted by molar-refractivity contribution is 5.72. The van der Waals surface area contributed by atoms with Gasteiger partial charge in [-0.2, -0.15) is 8.78 Å². The molecule has 0 bridgehead atoms. The van der Waals surface area contributed by atoms with E-state index in [2.05, 4.69) is 9.72 Å². The topological polar surface area (TPSA) is 39.2 Å². The van der Waals surface area contributed by atoms with Crippen LogP contribution in [0.2, 0.25) is 0 Å². The molecule has 5 heteroatoms. The van der Waals surface area contributed by atoms with Crippen molar-refractivity contribution in [1.82, 2.24) is 4.98 Å². The number of carbonyl (C=O) groups excluding carboxylic acids is 1. The predicted octanol–water partition coefficient (Wildman–Crippen LogP) is 1.50. The van der Waals surface area contributed by atoms with Crippen LogP contribution in [0.15, 0.2) is 18.3 Å². The highest BCUT2D eigenvalue weighted by atomic mass is 19.3. The number of pyridine rings is 1. The number of aldehydes is 1.